The number of halogens is 4. The van der Waals surface area contributed by atoms with Crippen LogP contribution >= 0.6 is 11.6 Å². The van der Waals surface area contributed by atoms with Gasteiger partial charge in [0.15, 0.2) is 12.6 Å². The Morgan fingerprint density at radius 1 is 1.35 bits per heavy atom. The van der Waals surface area contributed by atoms with E-state index in [-0.39, 0.29) is 16.5 Å². The molecule has 26 heavy (non-hydrogen) atoms. The maximum Gasteiger partial charge on any atom is 0.307 e. The number of nitrogens with zero attached hydrogens (tertiary/aromatic N) is 3. The fourth-order valence-corrected chi connectivity index (χ4v) is 2.35. The Bertz CT molecular complexity index is 876. The second-order valence-corrected chi connectivity index (χ2v) is 5.77. The summed E-state index contributed by atoms with van der Waals surface area (Å²) in [5, 5.41) is 2.63. The number of ether oxygens (including phenoxy) is 1. The summed E-state index contributed by atoms with van der Waals surface area (Å²) in [6, 6.07) is 0.843. The van der Waals surface area contributed by atoms with Crippen molar-refractivity contribution in [1.29, 1.82) is 0 Å². The molecule has 3 N–H and O–H groups in total. The van der Waals surface area contributed by atoms with E-state index in [0.717, 1.165) is 12.1 Å². The number of carbonyl (C=O) groups is 1. The highest BCUT2D eigenvalue weighted by molar-refractivity contribution is 6.30. The second-order valence-electron chi connectivity index (χ2n) is 5.33. The molecule has 1 atom stereocenters. The van der Waals surface area contributed by atoms with Gasteiger partial charge in [0.2, 0.25) is 5.82 Å². The van der Waals surface area contributed by atoms with E-state index in [4.69, 9.17) is 17.3 Å². The maximum absolute atomic E-state index is 14.1. The summed E-state index contributed by atoms with van der Waals surface area (Å²) in [5.41, 5.74) is 4.94. The Balaban J connectivity index is 1.89. The first-order chi connectivity index (χ1) is 12.3. The van der Waals surface area contributed by atoms with Gasteiger partial charge in [-0.25, -0.2) is 28.1 Å². The lowest BCUT2D eigenvalue weighted by Gasteiger charge is -2.28. The Kier molecular flexibility index (Phi) is 4.68. The minimum Gasteiger partial charge on any atom is -0.459 e. The first-order valence-electron chi connectivity index (χ1n) is 7.18. The van der Waals surface area contributed by atoms with Crippen molar-refractivity contribution in [3.8, 4) is 0 Å². The fourth-order valence-electron chi connectivity index (χ4n) is 2.25. The number of hydrogen-bond donors (Lipinski definition) is 2. The highest BCUT2D eigenvalue weighted by Crippen LogP contribution is 2.39. The number of carbonyl (C=O) groups excluding carboxylic acids is 1. The fraction of sp³-hybridized carbons (Fsp3) is 0.200. The Hall–Kier alpha value is -2.88. The van der Waals surface area contributed by atoms with Crippen LogP contribution in [0.1, 0.15) is 22.2 Å². The Morgan fingerprint density at radius 3 is 2.73 bits per heavy atom. The van der Waals surface area contributed by atoms with Crippen LogP contribution in [0.2, 0.25) is 5.02 Å². The van der Waals surface area contributed by atoms with Crippen molar-refractivity contribution < 1.29 is 22.7 Å². The van der Waals surface area contributed by atoms with E-state index in [1.54, 1.807) is 0 Å². The van der Waals surface area contributed by atoms with Gasteiger partial charge in [-0.1, -0.05) is 11.6 Å². The number of anilines is 1. The number of nitrogens with one attached hydrogen (secondary N) is 1. The molecule has 1 aromatic carbocycles. The monoisotopic (exact) mass is 385 g/mol. The van der Waals surface area contributed by atoms with Gasteiger partial charge in [-0.05, 0) is 18.2 Å². The predicted octanol–water partition coefficient (Wildman–Crippen LogP) is 2.54. The molecule has 2 heterocycles. The van der Waals surface area contributed by atoms with E-state index in [1.807, 2.05) is 0 Å². The van der Waals surface area contributed by atoms with Crippen LogP contribution in [-0.2, 0) is 4.74 Å². The number of amides is 1. The first-order valence-corrected chi connectivity index (χ1v) is 7.56. The quantitative estimate of drug-likeness (QED) is 0.845. The molecule has 1 amide bonds. The van der Waals surface area contributed by atoms with Crippen LogP contribution in [0.25, 0.3) is 0 Å². The van der Waals surface area contributed by atoms with Crippen LogP contribution < -0.4 is 11.1 Å². The number of aromatic nitrogens is 2. The summed E-state index contributed by atoms with van der Waals surface area (Å²) < 4.78 is 46.7. The smallest absolute Gasteiger partial charge is 0.307 e. The van der Waals surface area contributed by atoms with Gasteiger partial charge in [0, 0.05) is 23.6 Å². The van der Waals surface area contributed by atoms with Gasteiger partial charge in [0.1, 0.15) is 5.82 Å². The molecule has 0 aliphatic carbocycles. The van der Waals surface area contributed by atoms with E-state index in [1.165, 1.54) is 18.5 Å². The van der Waals surface area contributed by atoms with E-state index in [9.17, 15) is 18.0 Å². The number of benzene rings is 1. The van der Waals surface area contributed by atoms with Crippen LogP contribution in [0.15, 0.2) is 35.6 Å². The average molecular weight is 386 g/mol. The highest BCUT2D eigenvalue weighted by Gasteiger charge is 2.46. The lowest BCUT2D eigenvalue weighted by Crippen LogP contribution is -2.40. The van der Waals surface area contributed by atoms with E-state index in [0.29, 0.717) is 0 Å². The van der Waals surface area contributed by atoms with Gasteiger partial charge in [-0.3, -0.25) is 4.79 Å². The van der Waals surface area contributed by atoms with Gasteiger partial charge in [-0.2, -0.15) is 0 Å². The first kappa shape index (κ1) is 17.9. The van der Waals surface area contributed by atoms with E-state index in [2.05, 4.69) is 25.0 Å². The largest absolute Gasteiger partial charge is 0.459 e. The van der Waals surface area contributed by atoms with Crippen molar-refractivity contribution in [1.82, 2.24) is 9.97 Å². The third-order valence-corrected chi connectivity index (χ3v) is 3.64. The average Bonchev–Trinajstić information content (AvgIpc) is 2.59. The molecule has 1 aromatic heterocycles. The van der Waals surface area contributed by atoms with Gasteiger partial charge in [-0.15, -0.1) is 0 Å². The summed E-state index contributed by atoms with van der Waals surface area (Å²) in [6.45, 7) is -1.03. The van der Waals surface area contributed by atoms with Crippen LogP contribution in [-0.4, -0.2) is 34.4 Å². The number of hydrogen-bond acceptors (Lipinski definition) is 6. The topological polar surface area (TPSA) is 102 Å². The number of aliphatic imine (C=N–C) groups is 1. The van der Waals surface area contributed by atoms with Crippen molar-refractivity contribution in [3.05, 3.63) is 52.8 Å². The zero-order chi connectivity index (χ0) is 18.9. The molecular weight excluding hydrogens is 375 g/mol. The van der Waals surface area contributed by atoms with Crippen molar-refractivity contribution >= 4 is 29.2 Å². The van der Waals surface area contributed by atoms with Gasteiger partial charge in [0.05, 0.1) is 5.02 Å². The molecule has 0 fully saturated rings. The minimum absolute atomic E-state index is 0.0565. The van der Waals surface area contributed by atoms with Crippen molar-refractivity contribution in [2.45, 2.75) is 12.0 Å². The molecule has 0 saturated carbocycles. The summed E-state index contributed by atoms with van der Waals surface area (Å²) in [5.74, 6) is -5.31. The third-order valence-electron chi connectivity index (χ3n) is 3.44. The summed E-state index contributed by atoms with van der Waals surface area (Å²) in [6.07, 6.45) is 2.44. The van der Waals surface area contributed by atoms with Gasteiger partial charge < -0.3 is 15.8 Å². The molecule has 11 heteroatoms. The standard InChI is InChI=1S/C15H11ClF3N5O2/c16-7-4-21-12(22-5-7)13(25)23-8-1-2-10(17)9(3-8)11-15(18,19)6-26-14(20)24-11/h1-5,11H,6H2,(H2,20,24)(H,23,25). The van der Waals surface area contributed by atoms with Crippen LogP contribution in [0.3, 0.4) is 0 Å². The molecule has 0 spiro atoms. The number of alkyl halides is 2. The van der Waals surface area contributed by atoms with Crippen LogP contribution in [0.5, 0.6) is 0 Å². The molecule has 0 radical (unpaired) electrons. The number of amidine groups is 1. The van der Waals surface area contributed by atoms with Gasteiger partial charge in [0.25, 0.3) is 11.9 Å². The zero-order valence-corrected chi connectivity index (χ0v) is 13.7. The lowest BCUT2D eigenvalue weighted by atomic mass is 9.99. The van der Waals surface area contributed by atoms with Gasteiger partial charge >= 0.3 is 5.92 Å². The van der Waals surface area contributed by atoms with E-state index >= 15 is 0 Å². The van der Waals surface area contributed by atoms with Crippen LogP contribution in [0.4, 0.5) is 18.9 Å². The number of nitrogens with two attached hydrogens (primary N) is 1. The lowest BCUT2D eigenvalue weighted by molar-refractivity contribution is -0.0788. The maximum atomic E-state index is 14.1. The Morgan fingerprint density at radius 2 is 2.04 bits per heavy atom. The highest BCUT2D eigenvalue weighted by atomic mass is 35.5. The molecule has 1 aliphatic heterocycles. The molecule has 0 bridgehead atoms. The molecule has 1 aliphatic rings. The minimum atomic E-state index is -3.47. The molecule has 1 unspecified atom stereocenters. The predicted molar refractivity (Wildman–Crippen MR) is 86.7 cm³/mol. The SMILES string of the molecule is NC1=NC(c2cc(NC(=O)c3ncc(Cl)cn3)ccc2F)C(F)(F)CO1. The second kappa shape index (κ2) is 6.79. The molecule has 3 rings (SSSR count). The van der Waals surface area contributed by atoms with Crippen molar-refractivity contribution in [2.24, 2.45) is 10.7 Å². The summed E-state index contributed by atoms with van der Waals surface area (Å²) in [7, 11) is 0. The van der Waals surface area contributed by atoms with Crippen LogP contribution in [0, 0.1) is 5.82 Å². The molecule has 0 saturated heterocycles. The zero-order valence-electron chi connectivity index (χ0n) is 12.9. The molecule has 7 nitrogen and oxygen atoms in total. The van der Waals surface area contributed by atoms with Crippen molar-refractivity contribution in [3.63, 3.8) is 0 Å². The Labute approximate surface area is 150 Å². The van der Waals surface area contributed by atoms with Crippen molar-refractivity contribution in [2.75, 3.05) is 11.9 Å². The molecule has 136 valence electrons. The third kappa shape index (κ3) is 3.69. The number of rotatable bonds is 3. The summed E-state index contributed by atoms with van der Waals surface area (Å²) in [4.78, 5) is 23.0. The molecular formula is C15H11ClF3N5O2. The normalized spacial score (nSPS) is 18.6. The molecule has 2 aromatic rings. The van der Waals surface area contributed by atoms with E-state index < -0.39 is 41.9 Å². The summed E-state index contributed by atoms with van der Waals surface area (Å²) >= 11 is 5.64.